The molecule has 0 aliphatic heterocycles. The molecule has 5 nitrogen and oxygen atoms in total. The minimum absolute atomic E-state index is 0.171. The van der Waals surface area contributed by atoms with Crippen LogP contribution < -0.4 is 11.1 Å². The van der Waals surface area contributed by atoms with Crippen LogP contribution in [0.15, 0.2) is 34.9 Å². The molecule has 6 heteroatoms. The summed E-state index contributed by atoms with van der Waals surface area (Å²) in [7, 11) is 1.83. The summed E-state index contributed by atoms with van der Waals surface area (Å²) in [5.41, 5.74) is 7.74. The number of rotatable bonds is 3. The second-order valence-corrected chi connectivity index (χ2v) is 4.63. The summed E-state index contributed by atoms with van der Waals surface area (Å²) in [6, 6.07) is 7.06. The van der Waals surface area contributed by atoms with E-state index in [1.165, 1.54) is 0 Å². The third-order valence-electron chi connectivity index (χ3n) is 2.63. The molecule has 0 bridgehead atoms. The Morgan fingerprint density at radius 2 is 2.28 bits per heavy atom. The molecule has 0 radical (unpaired) electrons. The van der Waals surface area contributed by atoms with Gasteiger partial charge in [0.1, 0.15) is 0 Å². The molecule has 0 aliphatic carbocycles. The Balaban J connectivity index is 2.09. The first kappa shape index (κ1) is 12.6. The zero-order chi connectivity index (χ0) is 13.1. The van der Waals surface area contributed by atoms with E-state index in [4.69, 9.17) is 5.73 Å². The number of aromatic nitrogens is 2. The Morgan fingerprint density at radius 1 is 1.50 bits per heavy atom. The summed E-state index contributed by atoms with van der Waals surface area (Å²) in [5, 5.41) is 6.86. The standard InChI is InChI=1S/C12H13BrN4O/c1-17-8(5-6-16-17)7-15-12(18)9-3-2-4-10(14)11(9)13/h2-6H,7,14H2,1H3,(H,15,18). The van der Waals surface area contributed by atoms with Crippen molar-refractivity contribution in [2.75, 3.05) is 5.73 Å². The van der Waals surface area contributed by atoms with Gasteiger partial charge in [-0.15, -0.1) is 0 Å². The van der Waals surface area contributed by atoms with E-state index in [1.54, 1.807) is 29.1 Å². The second-order valence-electron chi connectivity index (χ2n) is 3.84. The predicted molar refractivity (Wildman–Crippen MR) is 72.9 cm³/mol. The molecule has 0 saturated carbocycles. The van der Waals surface area contributed by atoms with Crippen molar-refractivity contribution in [3.63, 3.8) is 0 Å². The number of nitrogens with zero attached hydrogens (tertiary/aromatic N) is 2. The molecule has 0 spiro atoms. The molecule has 1 aromatic heterocycles. The average molecular weight is 309 g/mol. The number of hydrogen-bond donors (Lipinski definition) is 2. The average Bonchev–Trinajstić information content (AvgIpc) is 2.75. The Labute approximate surface area is 113 Å². The lowest BCUT2D eigenvalue weighted by molar-refractivity contribution is 0.0949. The Hall–Kier alpha value is -1.82. The van der Waals surface area contributed by atoms with Gasteiger partial charge in [-0.3, -0.25) is 9.48 Å². The number of nitrogens with two attached hydrogens (primary N) is 1. The molecule has 2 rings (SSSR count). The van der Waals surface area contributed by atoms with E-state index < -0.39 is 0 Å². The van der Waals surface area contributed by atoms with Crippen LogP contribution in [0, 0.1) is 0 Å². The van der Waals surface area contributed by atoms with Gasteiger partial charge in [-0.1, -0.05) is 6.07 Å². The van der Waals surface area contributed by atoms with Gasteiger partial charge in [0.15, 0.2) is 0 Å². The van der Waals surface area contributed by atoms with E-state index in [-0.39, 0.29) is 5.91 Å². The van der Waals surface area contributed by atoms with Crippen molar-refractivity contribution in [1.29, 1.82) is 0 Å². The Bertz CT molecular complexity index is 579. The summed E-state index contributed by atoms with van der Waals surface area (Å²) in [5.74, 6) is -0.171. The number of carbonyl (C=O) groups is 1. The highest BCUT2D eigenvalue weighted by Crippen LogP contribution is 2.23. The van der Waals surface area contributed by atoms with Crippen LogP contribution >= 0.6 is 15.9 Å². The maximum Gasteiger partial charge on any atom is 0.252 e. The van der Waals surface area contributed by atoms with E-state index in [1.807, 2.05) is 13.1 Å². The van der Waals surface area contributed by atoms with Crippen LogP contribution in [0.3, 0.4) is 0 Å². The van der Waals surface area contributed by atoms with Crippen molar-refractivity contribution in [2.24, 2.45) is 7.05 Å². The minimum Gasteiger partial charge on any atom is -0.398 e. The highest BCUT2D eigenvalue weighted by Gasteiger charge is 2.11. The molecular formula is C12H13BrN4O. The summed E-state index contributed by atoms with van der Waals surface area (Å²) >= 11 is 3.31. The van der Waals surface area contributed by atoms with Crippen LogP contribution in [0.25, 0.3) is 0 Å². The van der Waals surface area contributed by atoms with E-state index in [0.717, 1.165) is 5.69 Å². The van der Waals surface area contributed by atoms with Gasteiger partial charge >= 0.3 is 0 Å². The van der Waals surface area contributed by atoms with E-state index in [0.29, 0.717) is 22.3 Å². The summed E-state index contributed by atoms with van der Waals surface area (Å²) in [6.45, 7) is 0.427. The molecule has 0 saturated heterocycles. The van der Waals surface area contributed by atoms with E-state index in [9.17, 15) is 4.79 Å². The van der Waals surface area contributed by atoms with Gasteiger partial charge in [-0.2, -0.15) is 5.10 Å². The first-order chi connectivity index (χ1) is 8.59. The fourth-order valence-corrected chi connectivity index (χ4v) is 2.01. The van der Waals surface area contributed by atoms with Crippen LogP contribution in [-0.4, -0.2) is 15.7 Å². The summed E-state index contributed by atoms with van der Waals surface area (Å²) in [4.78, 5) is 12.0. The number of anilines is 1. The van der Waals surface area contributed by atoms with E-state index >= 15 is 0 Å². The highest BCUT2D eigenvalue weighted by atomic mass is 79.9. The van der Waals surface area contributed by atoms with Gasteiger partial charge in [-0.25, -0.2) is 0 Å². The molecule has 94 valence electrons. The zero-order valence-electron chi connectivity index (χ0n) is 9.85. The Kier molecular flexibility index (Phi) is 3.66. The molecule has 0 fully saturated rings. The monoisotopic (exact) mass is 308 g/mol. The predicted octanol–water partition coefficient (Wildman–Crippen LogP) is 1.69. The third-order valence-corrected chi connectivity index (χ3v) is 3.51. The molecular weight excluding hydrogens is 296 g/mol. The van der Waals surface area contributed by atoms with Gasteiger partial charge < -0.3 is 11.1 Å². The van der Waals surface area contributed by atoms with Crippen molar-refractivity contribution in [1.82, 2.24) is 15.1 Å². The number of halogens is 1. The van der Waals surface area contributed by atoms with Crippen LogP contribution in [0.2, 0.25) is 0 Å². The molecule has 0 atom stereocenters. The van der Waals surface area contributed by atoms with Crippen LogP contribution in [0.5, 0.6) is 0 Å². The van der Waals surface area contributed by atoms with Crippen molar-refractivity contribution < 1.29 is 4.79 Å². The first-order valence-electron chi connectivity index (χ1n) is 5.38. The molecule has 2 aromatic rings. The first-order valence-corrected chi connectivity index (χ1v) is 6.18. The number of nitrogen functional groups attached to an aromatic ring is 1. The van der Waals surface area contributed by atoms with Crippen molar-refractivity contribution in [2.45, 2.75) is 6.54 Å². The summed E-state index contributed by atoms with van der Waals surface area (Å²) in [6.07, 6.45) is 1.69. The largest absolute Gasteiger partial charge is 0.398 e. The normalized spacial score (nSPS) is 10.3. The molecule has 1 heterocycles. The maximum absolute atomic E-state index is 12.0. The van der Waals surface area contributed by atoms with Gasteiger partial charge in [0.2, 0.25) is 0 Å². The Morgan fingerprint density at radius 3 is 2.94 bits per heavy atom. The molecule has 3 N–H and O–H groups in total. The van der Waals surface area contributed by atoms with Crippen molar-refractivity contribution in [3.8, 4) is 0 Å². The second kappa shape index (κ2) is 5.22. The SMILES string of the molecule is Cn1nccc1CNC(=O)c1cccc(N)c1Br. The topological polar surface area (TPSA) is 72.9 Å². The number of nitrogens with one attached hydrogen (secondary N) is 1. The fraction of sp³-hybridized carbons (Fsp3) is 0.167. The van der Waals surface area contributed by atoms with E-state index in [2.05, 4.69) is 26.3 Å². The zero-order valence-corrected chi connectivity index (χ0v) is 11.4. The molecule has 1 aromatic carbocycles. The van der Waals surface area contributed by atoms with Crippen LogP contribution in [-0.2, 0) is 13.6 Å². The van der Waals surface area contributed by atoms with Gasteiger partial charge in [0.25, 0.3) is 5.91 Å². The number of aryl methyl sites for hydroxylation is 1. The fourth-order valence-electron chi connectivity index (χ4n) is 1.57. The van der Waals surface area contributed by atoms with Gasteiger partial charge in [0, 0.05) is 18.9 Å². The molecule has 18 heavy (non-hydrogen) atoms. The van der Waals surface area contributed by atoms with Crippen molar-refractivity contribution in [3.05, 3.63) is 46.2 Å². The lowest BCUT2D eigenvalue weighted by Gasteiger charge is -2.08. The number of amides is 1. The number of carbonyl (C=O) groups excluding carboxylic acids is 1. The summed E-state index contributed by atoms with van der Waals surface area (Å²) < 4.78 is 2.34. The quantitative estimate of drug-likeness (QED) is 0.848. The smallest absolute Gasteiger partial charge is 0.252 e. The van der Waals surface area contributed by atoms with Crippen LogP contribution in [0.1, 0.15) is 16.1 Å². The maximum atomic E-state index is 12.0. The lowest BCUT2D eigenvalue weighted by Crippen LogP contribution is -2.24. The minimum atomic E-state index is -0.171. The lowest BCUT2D eigenvalue weighted by atomic mass is 10.2. The third kappa shape index (κ3) is 2.53. The molecule has 1 amide bonds. The molecule has 0 unspecified atom stereocenters. The van der Waals surface area contributed by atoms with Gasteiger partial charge in [-0.05, 0) is 34.1 Å². The van der Waals surface area contributed by atoms with Crippen LogP contribution in [0.4, 0.5) is 5.69 Å². The molecule has 0 aliphatic rings. The highest BCUT2D eigenvalue weighted by molar-refractivity contribution is 9.10. The number of benzene rings is 1. The number of hydrogen-bond acceptors (Lipinski definition) is 3. The van der Waals surface area contributed by atoms with Gasteiger partial charge in [0.05, 0.1) is 22.3 Å². The van der Waals surface area contributed by atoms with Crippen molar-refractivity contribution >= 4 is 27.5 Å².